The molecule has 0 amide bonds. The van der Waals surface area contributed by atoms with Gasteiger partial charge < -0.3 is 18.9 Å². The number of hydrogen-bond donors (Lipinski definition) is 0. The summed E-state index contributed by atoms with van der Waals surface area (Å²) in [6, 6.07) is 7.86. The molecule has 0 unspecified atom stereocenters. The van der Waals surface area contributed by atoms with E-state index in [0.29, 0.717) is 11.5 Å². The fourth-order valence-electron chi connectivity index (χ4n) is 5.08. The molecule has 2 aliphatic carbocycles. The van der Waals surface area contributed by atoms with Crippen molar-refractivity contribution in [3.8, 4) is 0 Å². The number of rotatable bonds is 2. The molecule has 5 rings (SSSR count). The van der Waals surface area contributed by atoms with Gasteiger partial charge in [-0.2, -0.15) is 0 Å². The van der Waals surface area contributed by atoms with Gasteiger partial charge in [-0.1, -0.05) is 37.1 Å². The summed E-state index contributed by atoms with van der Waals surface area (Å²) in [4.78, 5) is 23.6. The number of ether oxygens (including phenoxy) is 4. The van der Waals surface area contributed by atoms with Gasteiger partial charge in [-0.15, -0.1) is 0 Å². The maximum atomic E-state index is 11.8. The Morgan fingerprint density at radius 2 is 0.967 bits per heavy atom. The third-order valence-electron chi connectivity index (χ3n) is 6.70. The van der Waals surface area contributed by atoms with Gasteiger partial charge in [0, 0.05) is 0 Å². The molecule has 0 aromatic heterocycles. The zero-order valence-electron chi connectivity index (χ0n) is 17.0. The summed E-state index contributed by atoms with van der Waals surface area (Å²) in [5, 5.41) is 0. The van der Waals surface area contributed by atoms with E-state index >= 15 is 0 Å². The average Bonchev–Trinajstić information content (AvgIpc) is 3.19. The number of carbonyl (C=O) groups is 2. The molecule has 4 aliphatic rings. The Hall–Kier alpha value is -2.76. The van der Waals surface area contributed by atoms with Gasteiger partial charge in [-0.05, 0) is 74.6 Å². The minimum atomic E-state index is -0.606. The normalized spacial score (nSPS) is 27.2. The Kier molecular flexibility index (Phi) is 4.80. The van der Waals surface area contributed by atoms with Crippen LogP contribution in [0.2, 0.25) is 0 Å². The zero-order valence-corrected chi connectivity index (χ0v) is 17.0. The first-order valence-corrected chi connectivity index (χ1v) is 10.9. The molecule has 0 radical (unpaired) electrons. The molecule has 1 aromatic carbocycles. The number of carbonyl (C=O) groups excluding carboxylic acids is 2. The van der Waals surface area contributed by atoms with Crippen molar-refractivity contribution in [2.75, 3.05) is 0 Å². The van der Waals surface area contributed by atoms with Gasteiger partial charge in [0.15, 0.2) is 22.7 Å². The van der Waals surface area contributed by atoms with Gasteiger partial charge in [0.25, 0.3) is 0 Å². The lowest BCUT2D eigenvalue weighted by atomic mass is 9.82. The molecule has 2 saturated carbocycles. The molecule has 0 bridgehead atoms. The molecule has 158 valence electrons. The molecule has 6 heteroatoms. The van der Waals surface area contributed by atoms with Crippen molar-refractivity contribution in [2.24, 2.45) is 0 Å². The molecule has 30 heavy (non-hydrogen) atoms. The van der Waals surface area contributed by atoms with Gasteiger partial charge in [-0.25, -0.2) is 9.59 Å². The molecular weight excluding hydrogens is 384 g/mol. The van der Waals surface area contributed by atoms with Crippen LogP contribution in [0.15, 0.2) is 35.8 Å². The highest BCUT2D eigenvalue weighted by Crippen LogP contribution is 2.44. The van der Waals surface area contributed by atoms with Crippen molar-refractivity contribution in [1.29, 1.82) is 0 Å². The van der Waals surface area contributed by atoms with Crippen LogP contribution in [0, 0.1) is 0 Å². The van der Waals surface area contributed by atoms with E-state index in [1.807, 2.05) is 36.4 Å². The van der Waals surface area contributed by atoms with E-state index < -0.39 is 23.5 Å². The third-order valence-corrected chi connectivity index (χ3v) is 6.70. The van der Waals surface area contributed by atoms with E-state index in [1.165, 1.54) is 0 Å². The summed E-state index contributed by atoms with van der Waals surface area (Å²) < 4.78 is 21.9. The van der Waals surface area contributed by atoms with Gasteiger partial charge >= 0.3 is 12.3 Å². The summed E-state index contributed by atoms with van der Waals surface area (Å²) in [5.74, 6) is 1.22. The Labute approximate surface area is 175 Å². The van der Waals surface area contributed by atoms with E-state index in [4.69, 9.17) is 18.9 Å². The lowest BCUT2D eigenvalue weighted by Gasteiger charge is -2.30. The first-order chi connectivity index (χ1) is 14.6. The SMILES string of the molecule is O=C1O/C(=C\c2ccc(/C=C3\OC(=O)OC34CCCCC4)cc2)C2(CCCCC2)O1. The highest BCUT2D eigenvalue weighted by molar-refractivity contribution is 5.72. The number of hydrogen-bond acceptors (Lipinski definition) is 6. The molecule has 0 N–H and O–H groups in total. The summed E-state index contributed by atoms with van der Waals surface area (Å²) in [7, 11) is 0. The molecule has 2 heterocycles. The van der Waals surface area contributed by atoms with Gasteiger partial charge in [0.1, 0.15) is 0 Å². The highest BCUT2D eigenvalue weighted by atomic mass is 16.8. The van der Waals surface area contributed by atoms with Crippen LogP contribution in [0.25, 0.3) is 12.2 Å². The van der Waals surface area contributed by atoms with Gasteiger partial charge in [0.05, 0.1) is 0 Å². The van der Waals surface area contributed by atoms with E-state index in [9.17, 15) is 9.59 Å². The summed E-state index contributed by atoms with van der Waals surface area (Å²) in [6.07, 6.45) is 12.3. The minimum absolute atomic E-state index is 0.598. The van der Waals surface area contributed by atoms with Crippen LogP contribution < -0.4 is 0 Å². The van der Waals surface area contributed by atoms with Crippen molar-refractivity contribution in [3.63, 3.8) is 0 Å². The van der Waals surface area contributed by atoms with Crippen LogP contribution in [-0.4, -0.2) is 23.5 Å². The van der Waals surface area contributed by atoms with Crippen LogP contribution in [0.1, 0.15) is 75.3 Å². The fraction of sp³-hybridized carbons (Fsp3) is 0.500. The van der Waals surface area contributed by atoms with E-state index in [1.54, 1.807) is 0 Å². The fourth-order valence-corrected chi connectivity index (χ4v) is 5.08. The second kappa shape index (κ2) is 7.49. The molecule has 2 spiro atoms. The Balaban J connectivity index is 1.38. The number of cyclic esters (lactones) is 2. The first-order valence-electron chi connectivity index (χ1n) is 10.9. The number of benzene rings is 1. The van der Waals surface area contributed by atoms with Crippen LogP contribution in [0.5, 0.6) is 0 Å². The molecule has 0 atom stereocenters. The second-order valence-electron chi connectivity index (χ2n) is 8.70. The van der Waals surface area contributed by atoms with Crippen LogP contribution in [0.4, 0.5) is 9.59 Å². The molecule has 2 saturated heterocycles. The van der Waals surface area contributed by atoms with Crippen molar-refractivity contribution in [2.45, 2.75) is 75.4 Å². The predicted molar refractivity (Wildman–Crippen MR) is 109 cm³/mol. The standard InChI is InChI=1S/C24H26O6/c25-21-27-19(23(29-21)11-3-1-4-12-23)15-17-7-9-18(10-8-17)16-20-24(30-22(26)28-20)13-5-2-6-14-24/h7-10,15-16H,1-6,11-14H2/b19-15-,20-16-. The molecule has 2 aliphatic heterocycles. The van der Waals surface area contributed by atoms with Crippen molar-refractivity contribution in [1.82, 2.24) is 0 Å². The Morgan fingerprint density at radius 1 is 0.600 bits per heavy atom. The largest absolute Gasteiger partial charge is 0.514 e. The zero-order chi connectivity index (χ0) is 20.6. The van der Waals surface area contributed by atoms with Crippen molar-refractivity contribution in [3.05, 3.63) is 46.9 Å². The highest BCUT2D eigenvalue weighted by Gasteiger charge is 2.49. The maximum Gasteiger partial charge on any atom is 0.514 e. The first kappa shape index (κ1) is 19.2. The monoisotopic (exact) mass is 410 g/mol. The van der Waals surface area contributed by atoms with Gasteiger partial charge in [0.2, 0.25) is 0 Å². The van der Waals surface area contributed by atoms with Crippen LogP contribution in [0.3, 0.4) is 0 Å². The van der Waals surface area contributed by atoms with Gasteiger partial charge in [-0.3, -0.25) is 0 Å². The summed E-state index contributed by atoms with van der Waals surface area (Å²) in [5.41, 5.74) is 0.669. The summed E-state index contributed by atoms with van der Waals surface area (Å²) in [6.45, 7) is 0. The van der Waals surface area contributed by atoms with E-state index in [2.05, 4.69) is 0 Å². The average molecular weight is 410 g/mol. The topological polar surface area (TPSA) is 71.1 Å². The van der Waals surface area contributed by atoms with E-state index in [-0.39, 0.29) is 0 Å². The van der Waals surface area contributed by atoms with E-state index in [0.717, 1.165) is 75.3 Å². The lowest BCUT2D eigenvalue weighted by Crippen LogP contribution is -2.32. The molecule has 4 fully saturated rings. The van der Waals surface area contributed by atoms with Crippen molar-refractivity contribution < 1.29 is 28.5 Å². The van der Waals surface area contributed by atoms with Crippen LogP contribution >= 0.6 is 0 Å². The molecule has 6 nitrogen and oxygen atoms in total. The third kappa shape index (κ3) is 3.48. The van der Waals surface area contributed by atoms with Crippen LogP contribution in [-0.2, 0) is 18.9 Å². The second-order valence-corrected chi connectivity index (χ2v) is 8.70. The summed E-state index contributed by atoms with van der Waals surface area (Å²) >= 11 is 0. The van der Waals surface area contributed by atoms with Crippen molar-refractivity contribution >= 4 is 24.5 Å². The Bertz CT molecular complexity index is 823. The molecule has 1 aromatic rings. The minimum Gasteiger partial charge on any atom is -0.419 e. The predicted octanol–water partition coefficient (Wildman–Crippen LogP) is 6.11. The maximum absolute atomic E-state index is 11.8. The lowest BCUT2D eigenvalue weighted by molar-refractivity contribution is 0.0384. The smallest absolute Gasteiger partial charge is 0.419 e. The Morgan fingerprint density at radius 3 is 1.33 bits per heavy atom. The quantitative estimate of drug-likeness (QED) is 0.548. The molecular formula is C24H26O6.